The van der Waals surface area contributed by atoms with Crippen LogP contribution in [0.2, 0.25) is 0 Å². The van der Waals surface area contributed by atoms with E-state index < -0.39 is 0 Å². The van der Waals surface area contributed by atoms with Crippen LogP contribution in [0.5, 0.6) is 0 Å². The lowest BCUT2D eigenvalue weighted by molar-refractivity contribution is 0.103. The van der Waals surface area contributed by atoms with Gasteiger partial charge in [-0.25, -0.2) is 0 Å². The van der Waals surface area contributed by atoms with E-state index in [1.807, 2.05) is 0 Å². The van der Waals surface area contributed by atoms with Crippen LogP contribution in [0.1, 0.15) is 71.6 Å². The number of nitrogens with zero attached hydrogens (tertiary/aromatic N) is 1. The van der Waals surface area contributed by atoms with Crippen LogP contribution < -0.4 is 5.73 Å². The smallest absolute Gasteiger partial charge is 0.0303 e. The molecular formula is C15H32N2. The highest BCUT2D eigenvalue weighted by atomic mass is 15.2. The van der Waals surface area contributed by atoms with Crippen LogP contribution in [0.4, 0.5) is 0 Å². The van der Waals surface area contributed by atoms with Crippen LogP contribution in [0.3, 0.4) is 0 Å². The highest BCUT2D eigenvalue weighted by Crippen LogP contribution is 2.25. The van der Waals surface area contributed by atoms with Crippen molar-refractivity contribution >= 4 is 0 Å². The summed E-state index contributed by atoms with van der Waals surface area (Å²) in [6.45, 7) is 8.00. The maximum atomic E-state index is 6.06. The molecule has 1 aliphatic rings. The lowest BCUT2D eigenvalue weighted by Crippen LogP contribution is -2.52. The second kappa shape index (κ2) is 8.10. The predicted molar refractivity (Wildman–Crippen MR) is 76.3 cm³/mol. The van der Waals surface area contributed by atoms with Crippen LogP contribution in [0, 0.1) is 0 Å². The Morgan fingerprint density at radius 1 is 1.00 bits per heavy atom. The Bertz CT molecular complexity index is 185. The minimum absolute atomic E-state index is 0.262. The Hall–Kier alpha value is -0.0800. The topological polar surface area (TPSA) is 29.3 Å². The van der Waals surface area contributed by atoms with Gasteiger partial charge in [0.05, 0.1) is 0 Å². The molecule has 1 unspecified atom stereocenters. The first-order valence-electron chi connectivity index (χ1n) is 7.68. The molecule has 102 valence electrons. The SMILES string of the molecule is CCCCCCC(C)(CN)N1CCCCCC1. The molecule has 0 aromatic carbocycles. The van der Waals surface area contributed by atoms with Gasteiger partial charge in [-0.3, -0.25) is 4.90 Å². The largest absolute Gasteiger partial charge is 0.329 e. The molecule has 17 heavy (non-hydrogen) atoms. The molecule has 0 amide bonds. The van der Waals surface area contributed by atoms with Gasteiger partial charge in [0.15, 0.2) is 0 Å². The van der Waals surface area contributed by atoms with Gasteiger partial charge in [0.1, 0.15) is 0 Å². The summed E-state index contributed by atoms with van der Waals surface area (Å²) in [5.41, 5.74) is 6.32. The maximum absolute atomic E-state index is 6.06. The third kappa shape index (κ3) is 4.97. The molecule has 0 aliphatic carbocycles. The van der Waals surface area contributed by atoms with E-state index in [9.17, 15) is 0 Å². The predicted octanol–water partition coefficient (Wildman–Crippen LogP) is 3.55. The molecule has 2 heteroatoms. The normalized spacial score (nSPS) is 22.1. The van der Waals surface area contributed by atoms with Crippen molar-refractivity contribution in [2.24, 2.45) is 5.73 Å². The molecule has 0 aromatic rings. The van der Waals surface area contributed by atoms with Gasteiger partial charge in [-0.2, -0.15) is 0 Å². The summed E-state index contributed by atoms with van der Waals surface area (Å²) < 4.78 is 0. The van der Waals surface area contributed by atoms with E-state index in [0.29, 0.717) is 0 Å². The first-order valence-corrected chi connectivity index (χ1v) is 7.68. The van der Waals surface area contributed by atoms with Crippen molar-refractivity contribution in [3.05, 3.63) is 0 Å². The van der Waals surface area contributed by atoms with Gasteiger partial charge in [0.2, 0.25) is 0 Å². The van der Waals surface area contributed by atoms with E-state index in [2.05, 4.69) is 18.7 Å². The molecule has 1 atom stereocenters. The minimum Gasteiger partial charge on any atom is -0.329 e. The molecule has 2 N–H and O–H groups in total. The van der Waals surface area contributed by atoms with E-state index in [-0.39, 0.29) is 5.54 Å². The summed E-state index contributed by atoms with van der Waals surface area (Å²) in [4.78, 5) is 2.67. The number of hydrogen-bond acceptors (Lipinski definition) is 2. The standard InChI is InChI=1S/C15H32N2/c1-3-4-5-8-11-15(2,14-16)17-12-9-6-7-10-13-17/h3-14,16H2,1-2H3. The summed E-state index contributed by atoms with van der Waals surface area (Å²) in [7, 11) is 0. The average Bonchev–Trinajstić information content (AvgIpc) is 2.63. The summed E-state index contributed by atoms with van der Waals surface area (Å²) in [6, 6.07) is 0. The zero-order chi connectivity index (χ0) is 12.6. The van der Waals surface area contributed by atoms with E-state index in [0.717, 1.165) is 6.54 Å². The quantitative estimate of drug-likeness (QED) is 0.690. The molecule has 0 spiro atoms. The van der Waals surface area contributed by atoms with Crippen molar-refractivity contribution in [1.29, 1.82) is 0 Å². The molecule has 0 saturated carbocycles. The fraction of sp³-hybridized carbons (Fsp3) is 1.00. The van der Waals surface area contributed by atoms with Crippen LogP contribution in [-0.2, 0) is 0 Å². The van der Waals surface area contributed by atoms with Crippen molar-refractivity contribution < 1.29 is 0 Å². The number of unbranched alkanes of at least 4 members (excludes halogenated alkanes) is 3. The zero-order valence-corrected chi connectivity index (χ0v) is 12.0. The van der Waals surface area contributed by atoms with Gasteiger partial charge in [-0.15, -0.1) is 0 Å². The fourth-order valence-corrected chi connectivity index (χ4v) is 2.93. The van der Waals surface area contributed by atoms with E-state index in [1.165, 1.54) is 70.9 Å². The number of nitrogens with two attached hydrogens (primary N) is 1. The number of hydrogen-bond donors (Lipinski definition) is 1. The minimum atomic E-state index is 0.262. The number of rotatable bonds is 7. The highest BCUT2D eigenvalue weighted by molar-refractivity contribution is 4.88. The van der Waals surface area contributed by atoms with Gasteiger partial charge in [-0.05, 0) is 39.3 Å². The van der Waals surface area contributed by atoms with E-state index >= 15 is 0 Å². The Morgan fingerprint density at radius 3 is 2.18 bits per heavy atom. The van der Waals surface area contributed by atoms with Crippen molar-refractivity contribution in [3.63, 3.8) is 0 Å². The summed E-state index contributed by atoms with van der Waals surface area (Å²) in [5.74, 6) is 0. The number of likely N-dealkylation sites (tertiary alicyclic amines) is 1. The molecule has 0 aromatic heterocycles. The maximum Gasteiger partial charge on any atom is 0.0303 e. The second-order valence-electron chi connectivity index (χ2n) is 5.91. The lowest BCUT2D eigenvalue weighted by atomic mass is 9.91. The molecular weight excluding hydrogens is 208 g/mol. The molecule has 2 nitrogen and oxygen atoms in total. The molecule has 1 rings (SSSR count). The monoisotopic (exact) mass is 240 g/mol. The first kappa shape index (κ1) is 15.0. The van der Waals surface area contributed by atoms with Gasteiger partial charge in [-0.1, -0.05) is 45.4 Å². The van der Waals surface area contributed by atoms with Crippen molar-refractivity contribution in [2.75, 3.05) is 19.6 Å². The molecule has 1 heterocycles. The fourth-order valence-electron chi connectivity index (χ4n) is 2.93. The van der Waals surface area contributed by atoms with Gasteiger partial charge in [0, 0.05) is 12.1 Å². The first-order chi connectivity index (χ1) is 8.23. The van der Waals surface area contributed by atoms with Crippen LogP contribution >= 0.6 is 0 Å². The van der Waals surface area contributed by atoms with Crippen LogP contribution in [0.25, 0.3) is 0 Å². The molecule has 0 bridgehead atoms. The molecule has 0 radical (unpaired) electrons. The van der Waals surface area contributed by atoms with Gasteiger partial charge in [0.25, 0.3) is 0 Å². The lowest BCUT2D eigenvalue weighted by Gasteiger charge is -2.40. The zero-order valence-electron chi connectivity index (χ0n) is 12.0. The van der Waals surface area contributed by atoms with Crippen molar-refractivity contribution in [1.82, 2.24) is 4.90 Å². The molecule has 1 fully saturated rings. The Balaban J connectivity index is 2.41. The molecule has 1 saturated heterocycles. The van der Waals surface area contributed by atoms with Gasteiger partial charge >= 0.3 is 0 Å². The summed E-state index contributed by atoms with van der Waals surface area (Å²) in [5, 5.41) is 0. The van der Waals surface area contributed by atoms with Gasteiger partial charge < -0.3 is 5.73 Å². The van der Waals surface area contributed by atoms with E-state index in [4.69, 9.17) is 5.73 Å². The average molecular weight is 240 g/mol. The third-order valence-electron chi connectivity index (χ3n) is 4.38. The Morgan fingerprint density at radius 2 is 1.65 bits per heavy atom. The highest BCUT2D eigenvalue weighted by Gasteiger charge is 2.29. The Kier molecular flexibility index (Phi) is 7.14. The van der Waals surface area contributed by atoms with Crippen LogP contribution in [0.15, 0.2) is 0 Å². The van der Waals surface area contributed by atoms with Crippen molar-refractivity contribution in [2.45, 2.75) is 77.2 Å². The van der Waals surface area contributed by atoms with Crippen LogP contribution in [-0.4, -0.2) is 30.1 Å². The summed E-state index contributed by atoms with van der Waals surface area (Å²) >= 11 is 0. The third-order valence-corrected chi connectivity index (χ3v) is 4.38. The van der Waals surface area contributed by atoms with Crippen molar-refractivity contribution in [3.8, 4) is 0 Å². The van der Waals surface area contributed by atoms with E-state index in [1.54, 1.807) is 0 Å². The Labute approximate surface area is 108 Å². The second-order valence-corrected chi connectivity index (χ2v) is 5.91. The molecule has 1 aliphatic heterocycles. The summed E-state index contributed by atoms with van der Waals surface area (Å²) in [6.07, 6.45) is 12.3.